The minimum absolute atomic E-state index is 0.0300. The Bertz CT molecular complexity index is 752. The second kappa shape index (κ2) is 5.59. The molecule has 2 aromatic rings. The van der Waals surface area contributed by atoms with Crippen LogP contribution in [0.1, 0.15) is 33.5 Å². The number of carbonyl (C=O) groups is 1. The average molecular weight is 308 g/mol. The van der Waals surface area contributed by atoms with Gasteiger partial charge in [0.15, 0.2) is 5.78 Å². The molecule has 23 heavy (non-hydrogen) atoms. The summed E-state index contributed by atoms with van der Waals surface area (Å²) in [6.45, 7) is 0.228. The number of benzene rings is 2. The molecule has 0 aromatic heterocycles. The summed E-state index contributed by atoms with van der Waals surface area (Å²) in [4.78, 5) is 13.0. The largest absolute Gasteiger partial charge is 0.394 e. The number of rotatable bonds is 4. The summed E-state index contributed by atoms with van der Waals surface area (Å²) < 4.78 is 6.18. The van der Waals surface area contributed by atoms with Gasteiger partial charge in [0.2, 0.25) is 0 Å². The SMILES string of the molecule is O=C1c2ccccc2CC1C1(OCCO)CCc2ccccc21. The number of Topliss-reactive ketones (excluding diaryl/α,β-unsaturated/α-hetero) is 1. The van der Waals surface area contributed by atoms with Crippen molar-refractivity contribution in [3.05, 3.63) is 70.8 Å². The molecule has 0 amide bonds. The highest BCUT2D eigenvalue weighted by molar-refractivity contribution is 6.03. The van der Waals surface area contributed by atoms with E-state index in [9.17, 15) is 9.90 Å². The molecule has 0 spiro atoms. The fourth-order valence-corrected chi connectivity index (χ4v) is 4.26. The van der Waals surface area contributed by atoms with E-state index in [1.54, 1.807) is 0 Å². The van der Waals surface area contributed by atoms with Crippen LogP contribution in [0.15, 0.2) is 48.5 Å². The van der Waals surface area contributed by atoms with Crippen LogP contribution in [0.5, 0.6) is 0 Å². The summed E-state index contributed by atoms with van der Waals surface area (Å²) >= 11 is 0. The van der Waals surface area contributed by atoms with Crippen molar-refractivity contribution in [1.29, 1.82) is 0 Å². The van der Waals surface area contributed by atoms with E-state index in [4.69, 9.17) is 4.74 Å². The van der Waals surface area contributed by atoms with Gasteiger partial charge in [-0.25, -0.2) is 0 Å². The zero-order valence-electron chi connectivity index (χ0n) is 13.0. The Labute approximate surface area is 135 Å². The van der Waals surface area contributed by atoms with E-state index in [2.05, 4.69) is 12.1 Å². The van der Waals surface area contributed by atoms with E-state index >= 15 is 0 Å². The minimum Gasteiger partial charge on any atom is -0.394 e. The molecule has 2 aromatic carbocycles. The summed E-state index contributed by atoms with van der Waals surface area (Å²) in [6.07, 6.45) is 2.44. The van der Waals surface area contributed by atoms with Crippen molar-refractivity contribution in [2.75, 3.05) is 13.2 Å². The fourth-order valence-electron chi connectivity index (χ4n) is 4.26. The lowest BCUT2D eigenvalue weighted by molar-refractivity contribution is -0.0899. The molecule has 2 unspecified atom stereocenters. The number of hydrogen-bond donors (Lipinski definition) is 1. The second-order valence-electron chi connectivity index (χ2n) is 6.40. The van der Waals surface area contributed by atoms with Gasteiger partial charge >= 0.3 is 0 Å². The van der Waals surface area contributed by atoms with Crippen molar-refractivity contribution in [1.82, 2.24) is 0 Å². The number of fused-ring (bicyclic) bond motifs is 2. The maximum absolute atomic E-state index is 13.0. The van der Waals surface area contributed by atoms with Crippen LogP contribution in [-0.4, -0.2) is 24.1 Å². The Morgan fingerprint density at radius 2 is 1.83 bits per heavy atom. The topological polar surface area (TPSA) is 46.5 Å². The lowest BCUT2D eigenvalue weighted by Gasteiger charge is -2.35. The first-order valence-electron chi connectivity index (χ1n) is 8.21. The number of aliphatic hydroxyl groups excluding tert-OH is 1. The highest BCUT2D eigenvalue weighted by atomic mass is 16.5. The van der Waals surface area contributed by atoms with Gasteiger partial charge in [0.05, 0.1) is 19.1 Å². The number of aryl methyl sites for hydroxylation is 1. The van der Waals surface area contributed by atoms with Crippen LogP contribution in [0.3, 0.4) is 0 Å². The molecule has 0 saturated heterocycles. The van der Waals surface area contributed by atoms with Gasteiger partial charge in [-0.15, -0.1) is 0 Å². The van der Waals surface area contributed by atoms with Gasteiger partial charge in [-0.2, -0.15) is 0 Å². The van der Waals surface area contributed by atoms with Crippen LogP contribution >= 0.6 is 0 Å². The first kappa shape index (κ1) is 14.6. The molecule has 3 nitrogen and oxygen atoms in total. The zero-order valence-corrected chi connectivity index (χ0v) is 13.0. The van der Waals surface area contributed by atoms with Gasteiger partial charge in [0.1, 0.15) is 5.60 Å². The number of carbonyl (C=O) groups excluding carboxylic acids is 1. The van der Waals surface area contributed by atoms with Crippen LogP contribution in [0.25, 0.3) is 0 Å². The van der Waals surface area contributed by atoms with Crippen molar-refractivity contribution in [3.63, 3.8) is 0 Å². The van der Waals surface area contributed by atoms with Gasteiger partial charge in [-0.3, -0.25) is 4.79 Å². The molecule has 2 atom stereocenters. The molecule has 0 radical (unpaired) electrons. The summed E-state index contributed by atoms with van der Waals surface area (Å²) in [5.41, 5.74) is 3.72. The van der Waals surface area contributed by atoms with Crippen LogP contribution in [0, 0.1) is 5.92 Å². The Hall–Kier alpha value is -1.97. The fraction of sp³-hybridized carbons (Fsp3) is 0.350. The van der Waals surface area contributed by atoms with Crippen LogP contribution in [-0.2, 0) is 23.2 Å². The summed E-state index contributed by atoms with van der Waals surface area (Å²) in [7, 11) is 0. The summed E-state index contributed by atoms with van der Waals surface area (Å²) in [5, 5.41) is 9.26. The molecule has 2 aliphatic carbocycles. The van der Waals surface area contributed by atoms with Gasteiger partial charge in [0, 0.05) is 5.56 Å². The molecule has 3 heteroatoms. The van der Waals surface area contributed by atoms with E-state index in [0.29, 0.717) is 0 Å². The molecular weight excluding hydrogens is 288 g/mol. The highest BCUT2D eigenvalue weighted by Gasteiger charge is 2.51. The van der Waals surface area contributed by atoms with Gasteiger partial charge in [0.25, 0.3) is 0 Å². The van der Waals surface area contributed by atoms with Crippen molar-refractivity contribution < 1.29 is 14.6 Å². The van der Waals surface area contributed by atoms with Crippen molar-refractivity contribution >= 4 is 5.78 Å². The lowest BCUT2D eigenvalue weighted by Crippen LogP contribution is -2.40. The molecule has 0 aliphatic heterocycles. The number of ether oxygens (including phenoxy) is 1. The standard InChI is InChI=1S/C20H20O3/c21-11-12-23-20(10-9-14-5-2-4-8-17(14)20)18-13-15-6-1-3-7-16(15)19(18)22/h1-8,18,21H,9-13H2. The summed E-state index contributed by atoms with van der Waals surface area (Å²) in [6, 6.07) is 16.1. The Morgan fingerprint density at radius 3 is 2.61 bits per heavy atom. The van der Waals surface area contributed by atoms with Gasteiger partial charge in [-0.1, -0.05) is 48.5 Å². The third-order valence-corrected chi connectivity index (χ3v) is 5.28. The quantitative estimate of drug-likeness (QED) is 0.944. The molecule has 4 rings (SSSR count). The number of hydrogen-bond acceptors (Lipinski definition) is 3. The normalized spacial score (nSPS) is 25.4. The van der Waals surface area contributed by atoms with Crippen LogP contribution in [0.4, 0.5) is 0 Å². The van der Waals surface area contributed by atoms with E-state index in [0.717, 1.165) is 36.0 Å². The number of aliphatic hydroxyl groups is 1. The highest BCUT2D eigenvalue weighted by Crippen LogP contribution is 2.49. The van der Waals surface area contributed by atoms with E-state index in [-0.39, 0.29) is 24.9 Å². The van der Waals surface area contributed by atoms with Crippen molar-refractivity contribution in [2.45, 2.75) is 24.9 Å². The maximum Gasteiger partial charge on any atom is 0.169 e. The number of ketones is 1. The maximum atomic E-state index is 13.0. The molecule has 0 fully saturated rings. The predicted molar refractivity (Wildman–Crippen MR) is 87.4 cm³/mol. The Kier molecular flexibility index (Phi) is 3.55. The first-order chi connectivity index (χ1) is 11.3. The second-order valence-corrected chi connectivity index (χ2v) is 6.40. The van der Waals surface area contributed by atoms with Gasteiger partial charge < -0.3 is 9.84 Å². The molecule has 0 heterocycles. The molecule has 0 saturated carbocycles. The molecule has 1 N–H and O–H groups in total. The van der Waals surface area contributed by atoms with E-state index in [1.165, 1.54) is 5.56 Å². The molecule has 118 valence electrons. The monoisotopic (exact) mass is 308 g/mol. The van der Waals surface area contributed by atoms with Crippen LogP contribution in [0.2, 0.25) is 0 Å². The zero-order chi connectivity index (χ0) is 15.9. The Balaban J connectivity index is 1.79. The average Bonchev–Trinajstić information content (AvgIpc) is 3.13. The van der Waals surface area contributed by atoms with Gasteiger partial charge in [-0.05, 0) is 36.0 Å². The predicted octanol–water partition coefficient (Wildman–Crippen LogP) is 2.89. The minimum atomic E-state index is -0.602. The molecular formula is C20H20O3. The molecule has 2 aliphatic rings. The lowest BCUT2D eigenvalue weighted by atomic mass is 9.79. The van der Waals surface area contributed by atoms with E-state index < -0.39 is 5.60 Å². The third kappa shape index (κ3) is 2.15. The third-order valence-electron chi connectivity index (χ3n) is 5.28. The smallest absolute Gasteiger partial charge is 0.169 e. The Morgan fingerprint density at radius 1 is 1.09 bits per heavy atom. The van der Waals surface area contributed by atoms with Crippen molar-refractivity contribution in [3.8, 4) is 0 Å². The van der Waals surface area contributed by atoms with Crippen molar-refractivity contribution in [2.24, 2.45) is 5.92 Å². The first-order valence-corrected chi connectivity index (χ1v) is 8.21. The van der Waals surface area contributed by atoms with E-state index in [1.807, 2.05) is 36.4 Å². The van der Waals surface area contributed by atoms with Crippen LogP contribution < -0.4 is 0 Å². The molecule has 0 bridgehead atoms. The summed E-state index contributed by atoms with van der Waals surface area (Å²) in [5.74, 6) is -0.0228.